The molecule has 0 aromatic carbocycles. The van der Waals surface area contributed by atoms with Crippen LogP contribution in [-0.2, 0) is 4.79 Å². The van der Waals surface area contributed by atoms with Gasteiger partial charge in [-0.1, -0.05) is 13.8 Å². The Hall–Kier alpha value is -0.320. The lowest BCUT2D eigenvalue weighted by atomic mass is 9.97. The van der Waals surface area contributed by atoms with Crippen LogP contribution in [0.15, 0.2) is 0 Å². The molecular weight excluding hydrogens is 262 g/mol. The highest BCUT2D eigenvalue weighted by Gasteiger charge is 2.20. The minimum Gasteiger partial charge on any atom is -0.353 e. The molecule has 1 fully saturated rings. The summed E-state index contributed by atoms with van der Waals surface area (Å²) in [6.45, 7) is 11.2. The van der Waals surface area contributed by atoms with Gasteiger partial charge in [-0.05, 0) is 58.3 Å². The monoisotopic (exact) mass is 291 g/mol. The summed E-state index contributed by atoms with van der Waals surface area (Å²) in [5.74, 6) is 0.966. The number of hydrogen-bond donors (Lipinski definition) is 2. The lowest BCUT2D eigenvalue weighted by Crippen LogP contribution is -2.44. The Bertz CT molecular complexity index is 243. The van der Waals surface area contributed by atoms with E-state index in [4.69, 9.17) is 0 Å². The van der Waals surface area contributed by atoms with Crippen molar-refractivity contribution in [3.8, 4) is 0 Å². The van der Waals surface area contributed by atoms with E-state index in [1.165, 1.54) is 12.8 Å². The van der Waals surface area contributed by atoms with Gasteiger partial charge in [-0.15, -0.1) is 12.4 Å². The zero-order valence-electron chi connectivity index (χ0n) is 12.6. The van der Waals surface area contributed by atoms with E-state index < -0.39 is 0 Å². The fourth-order valence-electron chi connectivity index (χ4n) is 2.32. The zero-order chi connectivity index (χ0) is 13.4. The largest absolute Gasteiger partial charge is 0.353 e. The number of nitrogens with one attached hydrogen (secondary N) is 2. The van der Waals surface area contributed by atoms with E-state index in [2.05, 4.69) is 36.3 Å². The average Bonchev–Trinajstić information content (AvgIpc) is 2.37. The first-order valence-corrected chi connectivity index (χ1v) is 7.38. The summed E-state index contributed by atoms with van der Waals surface area (Å²) in [5, 5.41) is 6.44. The van der Waals surface area contributed by atoms with Gasteiger partial charge < -0.3 is 10.6 Å². The molecule has 0 saturated carbocycles. The number of nitrogens with zero attached hydrogens (tertiary/aromatic N) is 1. The molecule has 1 unspecified atom stereocenters. The van der Waals surface area contributed by atoms with Crippen molar-refractivity contribution in [3.05, 3.63) is 0 Å². The zero-order valence-corrected chi connectivity index (χ0v) is 13.4. The normalized spacial score (nSPS) is 18.7. The van der Waals surface area contributed by atoms with E-state index in [1.807, 2.05) is 0 Å². The van der Waals surface area contributed by atoms with Crippen molar-refractivity contribution in [3.63, 3.8) is 0 Å². The van der Waals surface area contributed by atoms with Crippen molar-refractivity contribution in [2.75, 3.05) is 32.7 Å². The summed E-state index contributed by atoms with van der Waals surface area (Å²) in [4.78, 5) is 14.0. The molecule has 2 N–H and O–H groups in total. The third-order valence-electron chi connectivity index (χ3n) is 3.78. The third kappa shape index (κ3) is 7.75. The molecule has 1 rings (SSSR count). The lowest BCUT2D eigenvalue weighted by Gasteiger charge is -2.31. The minimum absolute atomic E-state index is 0. The Morgan fingerprint density at radius 1 is 1.32 bits per heavy atom. The quantitative estimate of drug-likeness (QED) is 0.750. The van der Waals surface area contributed by atoms with Crippen LogP contribution in [0.3, 0.4) is 0 Å². The highest BCUT2D eigenvalue weighted by Crippen LogP contribution is 2.15. The van der Waals surface area contributed by atoms with Gasteiger partial charge in [0.05, 0.1) is 6.54 Å². The summed E-state index contributed by atoms with van der Waals surface area (Å²) in [7, 11) is 0. The van der Waals surface area contributed by atoms with Gasteiger partial charge >= 0.3 is 0 Å². The second kappa shape index (κ2) is 10.5. The Kier molecular flexibility index (Phi) is 10.3. The van der Waals surface area contributed by atoms with Crippen LogP contribution in [0.5, 0.6) is 0 Å². The van der Waals surface area contributed by atoms with Gasteiger partial charge in [-0.2, -0.15) is 0 Å². The molecule has 0 bridgehead atoms. The Labute approximate surface area is 124 Å². The van der Waals surface area contributed by atoms with Crippen LogP contribution in [0.1, 0.15) is 40.0 Å². The second-order valence-electron chi connectivity index (χ2n) is 5.40. The van der Waals surface area contributed by atoms with Crippen LogP contribution in [-0.4, -0.2) is 49.6 Å². The van der Waals surface area contributed by atoms with E-state index in [0.29, 0.717) is 12.6 Å². The topological polar surface area (TPSA) is 44.4 Å². The Balaban J connectivity index is 0.00000324. The van der Waals surface area contributed by atoms with Crippen LogP contribution in [0, 0.1) is 5.92 Å². The number of piperidine rings is 1. The number of carbonyl (C=O) groups excluding carboxylic acids is 1. The molecule has 5 heteroatoms. The lowest BCUT2D eigenvalue weighted by molar-refractivity contribution is -0.123. The van der Waals surface area contributed by atoms with Crippen molar-refractivity contribution in [1.29, 1.82) is 0 Å². The highest BCUT2D eigenvalue weighted by atomic mass is 35.5. The third-order valence-corrected chi connectivity index (χ3v) is 3.78. The summed E-state index contributed by atoms with van der Waals surface area (Å²) >= 11 is 0. The van der Waals surface area contributed by atoms with E-state index in [0.717, 1.165) is 38.5 Å². The molecule has 4 nitrogen and oxygen atoms in total. The predicted octanol–water partition coefficient (Wildman–Crippen LogP) is 1.64. The SMILES string of the molecule is CCNCC1CCN(CC(=O)NC(C)CC)CC1.Cl. The van der Waals surface area contributed by atoms with Crippen molar-refractivity contribution >= 4 is 18.3 Å². The maximum absolute atomic E-state index is 11.8. The maximum Gasteiger partial charge on any atom is 0.234 e. The number of carbonyl (C=O) groups is 1. The number of rotatable bonds is 7. The van der Waals surface area contributed by atoms with E-state index in [1.54, 1.807) is 0 Å². The van der Waals surface area contributed by atoms with E-state index in [9.17, 15) is 4.79 Å². The van der Waals surface area contributed by atoms with Gasteiger partial charge in [-0.25, -0.2) is 0 Å². The highest BCUT2D eigenvalue weighted by molar-refractivity contribution is 5.85. The molecule has 1 aliphatic heterocycles. The van der Waals surface area contributed by atoms with Crippen LogP contribution in [0.2, 0.25) is 0 Å². The molecular formula is C14H30ClN3O. The molecule has 0 aliphatic carbocycles. The smallest absolute Gasteiger partial charge is 0.234 e. The first-order valence-electron chi connectivity index (χ1n) is 7.38. The van der Waals surface area contributed by atoms with Gasteiger partial charge in [0.1, 0.15) is 0 Å². The summed E-state index contributed by atoms with van der Waals surface area (Å²) in [6, 6.07) is 0.295. The molecule has 1 aliphatic rings. The average molecular weight is 292 g/mol. The van der Waals surface area contributed by atoms with Gasteiger partial charge in [0, 0.05) is 6.04 Å². The van der Waals surface area contributed by atoms with Crippen LogP contribution in [0.25, 0.3) is 0 Å². The number of hydrogen-bond acceptors (Lipinski definition) is 3. The van der Waals surface area contributed by atoms with Gasteiger partial charge in [0.2, 0.25) is 5.91 Å². The number of amides is 1. The van der Waals surface area contributed by atoms with Crippen LogP contribution < -0.4 is 10.6 Å². The molecule has 1 atom stereocenters. The second-order valence-corrected chi connectivity index (χ2v) is 5.40. The molecule has 1 saturated heterocycles. The van der Waals surface area contributed by atoms with Crippen molar-refractivity contribution in [2.24, 2.45) is 5.92 Å². The van der Waals surface area contributed by atoms with E-state index in [-0.39, 0.29) is 18.3 Å². The molecule has 19 heavy (non-hydrogen) atoms. The maximum atomic E-state index is 11.8. The summed E-state index contributed by atoms with van der Waals surface area (Å²) < 4.78 is 0. The molecule has 0 aromatic rings. The Morgan fingerprint density at radius 3 is 2.47 bits per heavy atom. The molecule has 1 heterocycles. The van der Waals surface area contributed by atoms with E-state index >= 15 is 0 Å². The van der Waals surface area contributed by atoms with Gasteiger partial charge in [0.15, 0.2) is 0 Å². The van der Waals surface area contributed by atoms with Crippen LogP contribution in [0.4, 0.5) is 0 Å². The predicted molar refractivity (Wildman–Crippen MR) is 82.9 cm³/mol. The standard InChI is InChI=1S/C14H29N3O.ClH/c1-4-12(3)16-14(18)11-17-8-6-13(7-9-17)10-15-5-2;/h12-13,15H,4-11H2,1-3H3,(H,16,18);1H. The summed E-state index contributed by atoms with van der Waals surface area (Å²) in [5.41, 5.74) is 0. The molecule has 0 aromatic heterocycles. The van der Waals surface area contributed by atoms with Gasteiger partial charge in [0.25, 0.3) is 0 Å². The first kappa shape index (κ1) is 18.7. The first-order chi connectivity index (χ1) is 8.65. The summed E-state index contributed by atoms with van der Waals surface area (Å²) in [6.07, 6.45) is 3.42. The van der Waals surface area contributed by atoms with Crippen molar-refractivity contribution < 1.29 is 4.79 Å². The minimum atomic E-state index is 0. The van der Waals surface area contributed by atoms with Crippen molar-refractivity contribution in [1.82, 2.24) is 15.5 Å². The molecule has 0 radical (unpaired) electrons. The van der Waals surface area contributed by atoms with Crippen LogP contribution >= 0.6 is 12.4 Å². The molecule has 114 valence electrons. The molecule has 0 spiro atoms. The fraction of sp³-hybridized carbons (Fsp3) is 0.929. The number of likely N-dealkylation sites (tertiary alicyclic amines) is 1. The number of halogens is 1. The molecule has 1 amide bonds. The Morgan fingerprint density at radius 2 is 1.95 bits per heavy atom. The van der Waals surface area contributed by atoms with Gasteiger partial charge in [-0.3, -0.25) is 9.69 Å². The van der Waals surface area contributed by atoms with Crippen molar-refractivity contribution in [2.45, 2.75) is 46.1 Å². The fourth-order valence-corrected chi connectivity index (χ4v) is 2.32.